The van der Waals surface area contributed by atoms with E-state index in [-0.39, 0.29) is 18.2 Å². The Kier molecular flexibility index (Phi) is 6.75. The largest absolute Gasteiger partial charge is 0.485 e. The van der Waals surface area contributed by atoms with Gasteiger partial charge in [0.1, 0.15) is 5.75 Å². The summed E-state index contributed by atoms with van der Waals surface area (Å²) in [4.78, 5) is 35.7. The maximum absolute atomic E-state index is 12.4. The minimum Gasteiger partial charge on any atom is -0.485 e. The van der Waals surface area contributed by atoms with Crippen molar-refractivity contribution in [2.24, 2.45) is 5.92 Å². The molecule has 0 aromatic heterocycles. The quantitative estimate of drug-likeness (QED) is 0.535. The van der Waals surface area contributed by atoms with Gasteiger partial charge in [-0.05, 0) is 36.2 Å². The van der Waals surface area contributed by atoms with Gasteiger partial charge in [0.2, 0.25) is 0 Å². The zero-order chi connectivity index (χ0) is 21.5. The maximum atomic E-state index is 12.4. The fourth-order valence-corrected chi connectivity index (χ4v) is 2.96. The Morgan fingerprint density at radius 2 is 1.37 bits per heavy atom. The van der Waals surface area contributed by atoms with Crippen molar-refractivity contribution in [3.8, 4) is 5.75 Å². The van der Waals surface area contributed by atoms with Crippen LogP contribution in [0.5, 0.6) is 5.75 Å². The van der Waals surface area contributed by atoms with Crippen LogP contribution < -0.4 is 4.74 Å². The molecule has 0 spiro atoms. The minimum atomic E-state index is -0.847. The van der Waals surface area contributed by atoms with Crippen LogP contribution in [0.1, 0.15) is 38.8 Å². The predicted molar refractivity (Wildman–Crippen MR) is 113 cm³/mol. The van der Waals surface area contributed by atoms with Crippen LogP contribution in [0, 0.1) is 5.92 Å². The molecule has 0 aliphatic carbocycles. The van der Waals surface area contributed by atoms with Gasteiger partial charge in [-0.1, -0.05) is 61.5 Å². The Morgan fingerprint density at radius 1 is 0.800 bits per heavy atom. The zero-order valence-corrected chi connectivity index (χ0v) is 16.6. The van der Waals surface area contributed by atoms with Crippen LogP contribution in [-0.4, -0.2) is 29.2 Å². The summed E-state index contributed by atoms with van der Waals surface area (Å²) in [5.41, 5.74) is 2.52. The normalized spacial score (nSPS) is 11.5. The number of hydrogen-bond donors (Lipinski definition) is 1. The van der Waals surface area contributed by atoms with Crippen molar-refractivity contribution in [3.63, 3.8) is 0 Å². The van der Waals surface area contributed by atoms with Gasteiger partial charge in [0.15, 0.2) is 18.2 Å². The van der Waals surface area contributed by atoms with E-state index in [1.54, 1.807) is 67.6 Å². The zero-order valence-electron chi connectivity index (χ0n) is 16.6. The van der Waals surface area contributed by atoms with Crippen LogP contribution in [0.3, 0.4) is 0 Å². The van der Waals surface area contributed by atoms with Crippen molar-refractivity contribution in [2.75, 3.05) is 6.61 Å². The van der Waals surface area contributed by atoms with E-state index in [1.165, 1.54) is 0 Å². The number of ketones is 2. The molecule has 1 N–H and O–H groups in total. The number of carboxylic acids is 1. The minimum absolute atomic E-state index is 0.0736. The lowest BCUT2D eigenvalue weighted by atomic mass is 9.99. The first-order valence-electron chi connectivity index (χ1n) is 9.61. The molecule has 0 aliphatic heterocycles. The molecule has 5 nitrogen and oxygen atoms in total. The van der Waals surface area contributed by atoms with Crippen LogP contribution in [0.15, 0.2) is 78.9 Å². The molecule has 1 atom stereocenters. The van der Waals surface area contributed by atoms with E-state index in [1.807, 2.05) is 18.2 Å². The molecule has 0 fully saturated rings. The Hall–Kier alpha value is -3.73. The van der Waals surface area contributed by atoms with Crippen molar-refractivity contribution in [1.82, 2.24) is 0 Å². The third-order valence-electron chi connectivity index (χ3n) is 4.76. The van der Waals surface area contributed by atoms with Gasteiger partial charge in [0.05, 0.1) is 5.92 Å². The smallest absolute Gasteiger partial charge is 0.306 e. The number of hydrogen-bond acceptors (Lipinski definition) is 4. The van der Waals surface area contributed by atoms with Gasteiger partial charge < -0.3 is 9.84 Å². The second kappa shape index (κ2) is 9.65. The van der Waals surface area contributed by atoms with Crippen LogP contribution in [-0.2, 0) is 11.2 Å². The highest BCUT2D eigenvalue weighted by Crippen LogP contribution is 2.16. The van der Waals surface area contributed by atoms with Gasteiger partial charge in [-0.25, -0.2) is 0 Å². The Labute approximate surface area is 174 Å². The first-order chi connectivity index (χ1) is 14.4. The summed E-state index contributed by atoms with van der Waals surface area (Å²) in [5.74, 6) is -1.08. The standard InChI is InChI=1S/C25H22O5/c1-17(25(28)29)15-18-7-9-19(10-8-18)23(26)16-30-22-13-11-21(12-14-22)24(27)20-5-3-2-4-6-20/h2-14,17H,15-16H2,1H3,(H,28,29). The van der Waals surface area contributed by atoms with E-state index in [9.17, 15) is 14.4 Å². The molecule has 0 saturated carbocycles. The predicted octanol–water partition coefficient (Wildman–Crippen LogP) is 4.44. The lowest BCUT2D eigenvalue weighted by Crippen LogP contribution is -2.13. The molecule has 3 rings (SSSR count). The van der Waals surface area contributed by atoms with Crippen molar-refractivity contribution >= 4 is 17.5 Å². The number of carbonyl (C=O) groups is 3. The second-order valence-electron chi connectivity index (χ2n) is 7.07. The van der Waals surface area contributed by atoms with Crippen LogP contribution in [0.25, 0.3) is 0 Å². The molecule has 3 aromatic carbocycles. The molecular formula is C25H22O5. The summed E-state index contributed by atoms with van der Waals surface area (Å²) in [6, 6.07) is 22.6. The lowest BCUT2D eigenvalue weighted by molar-refractivity contribution is -0.141. The molecule has 0 amide bonds. The average molecular weight is 402 g/mol. The third-order valence-corrected chi connectivity index (χ3v) is 4.76. The number of benzene rings is 3. The monoisotopic (exact) mass is 402 g/mol. The molecular weight excluding hydrogens is 380 g/mol. The molecule has 30 heavy (non-hydrogen) atoms. The fourth-order valence-electron chi connectivity index (χ4n) is 2.96. The molecule has 3 aromatic rings. The van der Waals surface area contributed by atoms with E-state index in [4.69, 9.17) is 9.84 Å². The van der Waals surface area contributed by atoms with Gasteiger partial charge in [-0.2, -0.15) is 0 Å². The number of aliphatic carboxylic acids is 1. The number of carbonyl (C=O) groups excluding carboxylic acids is 2. The summed E-state index contributed by atoms with van der Waals surface area (Å²) >= 11 is 0. The first-order valence-corrected chi connectivity index (χ1v) is 9.61. The highest BCUT2D eigenvalue weighted by atomic mass is 16.5. The van der Waals surface area contributed by atoms with Gasteiger partial charge >= 0.3 is 5.97 Å². The summed E-state index contributed by atoms with van der Waals surface area (Å²) in [7, 11) is 0. The van der Waals surface area contributed by atoms with E-state index in [0.717, 1.165) is 5.56 Å². The topological polar surface area (TPSA) is 80.7 Å². The Balaban J connectivity index is 1.55. The van der Waals surface area contributed by atoms with Crippen molar-refractivity contribution in [1.29, 1.82) is 0 Å². The Bertz CT molecular complexity index is 1020. The molecule has 0 bridgehead atoms. The lowest BCUT2D eigenvalue weighted by Gasteiger charge is -2.08. The van der Waals surface area contributed by atoms with Gasteiger partial charge in [-0.15, -0.1) is 0 Å². The van der Waals surface area contributed by atoms with Crippen molar-refractivity contribution < 1.29 is 24.2 Å². The summed E-state index contributed by atoms with van der Waals surface area (Å²) in [6.45, 7) is 1.52. The molecule has 0 aliphatic rings. The Morgan fingerprint density at radius 3 is 1.97 bits per heavy atom. The van der Waals surface area contributed by atoms with Crippen molar-refractivity contribution in [3.05, 3.63) is 101 Å². The number of carboxylic acid groups (broad SMARTS) is 1. The van der Waals surface area contributed by atoms with E-state index in [2.05, 4.69) is 0 Å². The third kappa shape index (κ3) is 5.41. The summed E-state index contributed by atoms with van der Waals surface area (Å²) < 4.78 is 5.55. The molecule has 0 heterocycles. The highest BCUT2D eigenvalue weighted by molar-refractivity contribution is 6.09. The van der Waals surface area contributed by atoms with E-state index >= 15 is 0 Å². The molecule has 1 unspecified atom stereocenters. The molecule has 5 heteroatoms. The highest BCUT2D eigenvalue weighted by Gasteiger charge is 2.13. The van der Waals surface area contributed by atoms with Crippen LogP contribution in [0.2, 0.25) is 0 Å². The first kappa shape index (κ1) is 21.0. The second-order valence-corrected chi connectivity index (χ2v) is 7.07. The average Bonchev–Trinajstić information content (AvgIpc) is 2.78. The summed E-state index contributed by atoms with van der Waals surface area (Å²) in [5, 5.41) is 8.98. The van der Waals surface area contributed by atoms with E-state index < -0.39 is 11.9 Å². The SMILES string of the molecule is CC(Cc1ccc(C(=O)COc2ccc(C(=O)c3ccccc3)cc2)cc1)C(=O)O. The maximum Gasteiger partial charge on any atom is 0.306 e. The fraction of sp³-hybridized carbons (Fsp3) is 0.160. The summed E-state index contributed by atoms with van der Waals surface area (Å²) in [6.07, 6.45) is 0.411. The molecule has 152 valence electrons. The van der Waals surface area contributed by atoms with Gasteiger partial charge in [0, 0.05) is 16.7 Å². The van der Waals surface area contributed by atoms with Crippen LogP contribution >= 0.6 is 0 Å². The van der Waals surface area contributed by atoms with Gasteiger partial charge in [-0.3, -0.25) is 14.4 Å². The number of Topliss-reactive ketones (excluding diaryl/α,β-unsaturated/α-hetero) is 1. The van der Waals surface area contributed by atoms with Crippen LogP contribution in [0.4, 0.5) is 0 Å². The van der Waals surface area contributed by atoms with Crippen molar-refractivity contribution in [2.45, 2.75) is 13.3 Å². The van der Waals surface area contributed by atoms with Gasteiger partial charge in [0.25, 0.3) is 0 Å². The molecule has 0 radical (unpaired) electrons. The number of ether oxygens (including phenoxy) is 1. The molecule has 0 saturated heterocycles. The van der Waals surface area contributed by atoms with E-state index in [0.29, 0.717) is 28.9 Å². The number of rotatable bonds is 9.